The first kappa shape index (κ1) is 19.0. The number of rotatable bonds is 4. The Morgan fingerprint density at radius 2 is 1.85 bits per heavy atom. The van der Waals surface area contributed by atoms with E-state index in [2.05, 4.69) is 21.6 Å². The maximum Gasteiger partial charge on any atom is 0.387 e. The molecule has 1 spiro atoms. The van der Waals surface area contributed by atoms with Crippen LogP contribution in [0.4, 0.5) is 8.78 Å². The average molecular weight is 367 g/mol. The molecule has 0 unspecified atom stereocenters. The second-order valence-corrected chi connectivity index (χ2v) is 7.44. The fraction of sp³-hybridized carbons (Fsp3) is 0.632. The Morgan fingerprint density at radius 1 is 1.12 bits per heavy atom. The zero-order valence-electron chi connectivity index (χ0n) is 15.5. The van der Waals surface area contributed by atoms with E-state index in [1.165, 1.54) is 0 Å². The lowest BCUT2D eigenvalue weighted by molar-refractivity contribution is -0.129. The van der Waals surface area contributed by atoms with E-state index in [1.807, 2.05) is 24.1 Å². The van der Waals surface area contributed by atoms with Gasteiger partial charge in [0.05, 0.1) is 0 Å². The molecule has 0 saturated carbocycles. The lowest BCUT2D eigenvalue weighted by Gasteiger charge is -2.49. The van der Waals surface area contributed by atoms with E-state index in [1.54, 1.807) is 12.1 Å². The second kappa shape index (κ2) is 7.88. The number of benzene rings is 1. The number of nitrogens with zero attached hydrogens (tertiary/aromatic N) is 3. The summed E-state index contributed by atoms with van der Waals surface area (Å²) in [4.78, 5) is 18.7. The zero-order valence-corrected chi connectivity index (χ0v) is 15.5. The molecule has 1 amide bonds. The average Bonchev–Trinajstić information content (AvgIpc) is 2.74. The van der Waals surface area contributed by atoms with Crippen LogP contribution in [0.5, 0.6) is 5.75 Å². The Hall–Kier alpha value is -1.73. The number of piperazine rings is 1. The van der Waals surface area contributed by atoms with Gasteiger partial charge in [-0.1, -0.05) is 12.1 Å². The number of hydrogen-bond donors (Lipinski definition) is 0. The van der Waals surface area contributed by atoms with Crippen molar-refractivity contribution in [3.63, 3.8) is 0 Å². The molecule has 1 atom stereocenters. The number of halogens is 2. The zero-order chi connectivity index (χ0) is 18.7. The summed E-state index contributed by atoms with van der Waals surface area (Å²) < 4.78 is 28.9. The first-order valence-corrected chi connectivity index (χ1v) is 9.09. The number of carbonyl (C=O) groups is 1. The second-order valence-electron chi connectivity index (χ2n) is 7.44. The van der Waals surface area contributed by atoms with Crippen LogP contribution in [0, 0.1) is 0 Å². The third-order valence-corrected chi connectivity index (χ3v) is 5.78. The van der Waals surface area contributed by atoms with Crippen LogP contribution in [0.2, 0.25) is 0 Å². The van der Waals surface area contributed by atoms with Crippen molar-refractivity contribution >= 4 is 5.91 Å². The third-order valence-electron chi connectivity index (χ3n) is 5.78. The fourth-order valence-electron chi connectivity index (χ4n) is 4.01. The molecule has 0 bridgehead atoms. The van der Waals surface area contributed by atoms with Gasteiger partial charge in [-0.15, -0.1) is 0 Å². The largest absolute Gasteiger partial charge is 0.435 e. The Bertz CT molecular complexity index is 626. The summed E-state index contributed by atoms with van der Waals surface area (Å²) in [6.07, 6.45) is 2.45. The summed E-state index contributed by atoms with van der Waals surface area (Å²) in [6, 6.07) is 6.86. The maximum atomic E-state index is 12.3. The van der Waals surface area contributed by atoms with Crippen molar-refractivity contribution in [3.05, 3.63) is 29.8 Å². The van der Waals surface area contributed by atoms with Crippen LogP contribution in [0.15, 0.2) is 24.3 Å². The molecular weight excluding hydrogens is 340 g/mol. The highest BCUT2D eigenvalue weighted by atomic mass is 19.3. The van der Waals surface area contributed by atoms with E-state index in [0.717, 1.165) is 51.1 Å². The highest BCUT2D eigenvalue weighted by molar-refractivity contribution is 5.76. The number of ether oxygens (including phenoxy) is 1. The molecule has 26 heavy (non-hydrogen) atoms. The van der Waals surface area contributed by atoms with Crippen molar-refractivity contribution in [2.75, 3.05) is 40.3 Å². The minimum atomic E-state index is -2.80. The molecule has 3 rings (SSSR count). The number of likely N-dealkylation sites (N-methyl/N-ethyl adjacent to an activating group) is 1. The lowest BCUT2D eigenvalue weighted by atomic mass is 9.86. The summed E-state index contributed by atoms with van der Waals surface area (Å²) in [5.74, 6) is 0.408. The molecule has 0 aromatic heterocycles. The molecule has 0 N–H and O–H groups in total. The summed E-state index contributed by atoms with van der Waals surface area (Å²) in [7, 11) is 4.04. The quantitative estimate of drug-likeness (QED) is 0.819. The molecule has 2 aliphatic rings. The van der Waals surface area contributed by atoms with Gasteiger partial charge >= 0.3 is 6.61 Å². The molecule has 1 aromatic rings. The van der Waals surface area contributed by atoms with E-state index >= 15 is 0 Å². The minimum absolute atomic E-state index is 0.0252. The first-order chi connectivity index (χ1) is 12.4. The van der Waals surface area contributed by atoms with Crippen molar-refractivity contribution in [1.29, 1.82) is 0 Å². The summed E-state index contributed by atoms with van der Waals surface area (Å²) in [5.41, 5.74) is 1.10. The van der Waals surface area contributed by atoms with Gasteiger partial charge in [0.25, 0.3) is 0 Å². The topological polar surface area (TPSA) is 36.0 Å². The molecule has 2 aliphatic heterocycles. The van der Waals surface area contributed by atoms with Crippen LogP contribution >= 0.6 is 0 Å². The van der Waals surface area contributed by atoms with Gasteiger partial charge in [0.2, 0.25) is 5.91 Å². The van der Waals surface area contributed by atoms with Gasteiger partial charge in [0.1, 0.15) is 5.75 Å². The molecule has 5 nitrogen and oxygen atoms in total. The van der Waals surface area contributed by atoms with E-state index in [9.17, 15) is 13.6 Å². The first-order valence-electron chi connectivity index (χ1n) is 9.09. The van der Waals surface area contributed by atoms with E-state index < -0.39 is 6.61 Å². The number of alkyl halides is 2. The smallest absolute Gasteiger partial charge is 0.387 e. The summed E-state index contributed by atoms with van der Waals surface area (Å²) in [6.45, 7) is 1.60. The Kier molecular flexibility index (Phi) is 5.77. The van der Waals surface area contributed by atoms with E-state index in [0.29, 0.717) is 6.42 Å². The maximum absolute atomic E-state index is 12.3. The van der Waals surface area contributed by atoms with Crippen molar-refractivity contribution in [2.24, 2.45) is 0 Å². The molecular formula is C19H27F2N3O2. The van der Waals surface area contributed by atoms with Gasteiger partial charge in [-0.3, -0.25) is 14.6 Å². The predicted octanol–water partition coefficient (Wildman–Crippen LogP) is 2.42. The Balaban J connectivity index is 1.65. The summed E-state index contributed by atoms with van der Waals surface area (Å²) in [5, 5.41) is 0. The highest BCUT2D eigenvalue weighted by Crippen LogP contribution is 2.32. The van der Waals surface area contributed by atoms with Crippen LogP contribution in [0.1, 0.15) is 24.8 Å². The standard InChI is InChI=1S/C19H27F2N3O2/c1-22-10-9-19(8-7-17(22)25)14-24(12-11-23(19)2)13-15-3-5-16(6-4-15)26-18(20)21/h3-6,18H,7-14H2,1-2H3/t19-/m0/s1. The van der Waals surface area contributed by atoms with Crippen molar-refractivity contribution < 1.29 is 18.3 Å². The Labute approximate surface area is 153 Å². The van der Waals surface area contributed by atoms with E-state index in [4.69, 9.17) is 0 Å². The normalized spacial score (nSPS) is 25.7. The molecule has 144 valence electrons. The molecule has 0 aliphatic carbocycles. The van der Waals surface area contributed by atoms with Crippen molar-refractivity contribution in [1.82, 2.24) is 14.7 Å². The minimum Gasteiger partial charge on any atom is -0.435 e. The van der Waals surface area contributed by atoms with Crippen molar-refractivity contribution in [2.45, 2.75) is 38.0 Å². The van der Waals surface area contributed by atoms with E-state index in [-0.39, 0.29) is 17.2 Å². The number of amides is 1. The van der Waals surface area contributed by atoms with Crippen molar-refractivity contribution in [3.8, 4) is 5.75 Å². The molecule has 7 heteroatoms. The van der Waals surface area contributed by atoms with Gasteiger partial charge in [-0.25, -0.2) is 0 Å². The van der Waals surface area contributed by atoms with Gasteiger partial charge < -0.3 is 9.64 Å². The number of carbonyl (C=O) groups excluding carboxylic acids is 1. The SMILES string of the molecule is CN1CC[C@@]2(CCC1=O)CN(Cc1ccc(OC(F)F)cc1)CCN2C. The molecule has 2 fully saturated rings. The third kappa shape index (κ3) is 4.32. The summed E-state index contributed by atoms with van der Waals surface area (Å²) >= 11 is 0. The molecule has 2 heterocycles. The number of hydrogen-bond acceptors (Lipinski definition) is 4. The van der Waals surface area contributed by atoms with Crippen LogP contribution in [-0.2, 0) is 11.3 Å². The molecule has 1 aromatic carbocycles. The molecule has 2 saturated heterocycles. The fourth-order valence-corrected chi connectivity index (χ4v) is 4.01. The molecule has 0 radical (unpaired) electrons. The van der Waals surface area contributed by atoms with Gasteiger partial charge in [-0.2, -0.15) is 8.78 Å². The van der Waals surface area contributed by atoms with Crippen LogP contribution < -0.4 is 4.74 Å². The van der Waals surface area contributed by atoms with Crippen LogP contribution in [0.25, 0.3) is 0 Å². The monoisotopic (exact) mass is 367 g/mol. The van der Waals surface area contributed by atoms with Crippen LogP contribution in [-0.4, -0.2) is 73.0 Å². The predicted molar refractivity (Wildman–Crippen MR) is 95.2 cm³/mol. The van der Waals surface area contributed by atoms with Gasteiger partial charge in [-0.05, 0) is 37.6 Å². The Morgan fingerprint density at radius 3 is 2.54 bits per heavy atom. The highest BCUT2D eigenvalue weighted by Gasteiger charge is 2.41. The van der Waals surface area contributed by atoms with Crippen LogP contribution in [0.3, 0.4) is 0 Å². The lowest BCUT2D eigenvalue weighted by Crippen LogP contribution is -2.60. The number of likely N-dealkylation sites (tertiary alicyclic amines) is 1. The van der Waals surface area contributed by atoms with Gasteiger partial charge in [0, 0.05) is 51.7 Å². The van der Waals surface area contributed by atoms with Gasteiger partial charge in [0.15, 0.2) is 0 Å².